The van der Waals surface area contributed by atoms with E-state index in [2.05, 4.69) is 10.1 Å². The van der Waals surface area contributed by atoms with Crippen molar-refractivity contribution in [3.8, 4) is 5.75 Å². The zero-order chi connectivity index (χ0) is 15.2. The van der Waals surface area contributed by atoms with Gasteiger partial charge < -0.3 is 19.7 Å². The fourth-order valence-corrected chi connectivity index (χ4v) is 2.11. The molecule has 1 aromatic carbocycles. The Morgan fingerprint density at radius 3 is 3.00 bits per heavy atom. The first-order valence-electron chi connectivity index (χ1n) is 6.81. The van der Waals surface area contributed by atoms with Crippen LogP contribution < -0.4 is 10.1 Å². The first-order chi connectivity index (χ1) is 10.1. The Labute approximate surface area is 121 Å². The number of morpholine rings is 1. The van der Waals surface area contributed by atoms with Gasteiger partial charge in [-0.25, -0.2) is 4.79 Å². The molecule has 7 heteroatoms. The molecule has 0 aromatic heterocycles. The maximum Gasteiger partial charge on any atom is 0.387 e. The Balaban J connectivity index is 2.02. The number of nitrogens with one attached hydrogen (secondary N) is 1. The van der Waals surface area contributed by atoms with Gasteiger partial charge in [0.25, 0.3) is 0 Å². The van der Waals surface area contributed by atoms with Crippen molar-refractivity contribution in [2.24, 2.45) is 0 Å². The van der Waals surface area contributed by atoms with E-state index in [1.165, 1.54) is 12.1 Å². The molecule has 0 saturated carbocycles. The van der Waals surface area contributed by atoms with Gasteiger partial charge in [-0.1, -0.05) is 19.1 Å². The number of hydrogen-bond acceptors (Lipinski definition) is 3. The largest absolute Gasteiger partial charge is 0.433 e. The van der Waals surface area contributed by atoms with Crippen LogP contribution in [0.4, 0.5) is 19.3 Å². The normalized spacial score (nSPS) is 18.7. The van der Waals surface area contributed by atoms with E-state index in [4.69, 9.17) is 4.74 Å². The number of benzene rings is 1. The van der Waals surface area contributed by atoms with Crippen LogP contribution in [0.3, 0.4) is 0 Å². The fraction of sp³-hybridized carbons (Fsp3) is 0.500. The van der Waals surface area contributed by atoms with Gasteiger partial charge in [-0.05, 0) is 18.6 Å². The number of alkyl halides is 2. The number of anilines is 1. The molecule has 116 valence electrons. The van der Waals surface area contributed by atoms with Crippen molar-refractivity contribution in [1.82, 2.24) is 4.90 Å². The summed E-state index contributed by atoms with van der Waals surface area (Å²) in [6, 6.07) is 5.77. The molecular weight excluding hydrogens is 282 g/mol. The fourth-order valence-electron chi connectivity index (χ4n) is 2.11. The minimum Gasteiger partial charge on any atom is -0.433 e. The molecule has 1 aromatic rings. The molecule has 1 aliphatic heterocycles. The van der Waals surface area contributed by atoms with Crippen molar-refractivity contribution in [1.29, 1.82) is 0 Å². The summed E-state index contributed by atoms with van der Waals surface area (Å²) in [5, 5.41) is 2.60. The number of halogens is 2. The molecule has 21 heavy (non-hydrogen) atoms. The molecule has 0 aliphatic carbocycles. The van der Waals surface area contributed by atoms with Gasteiger partial charge in [0.1, 0.15) is 5.75 Å². The van der Waals surface area contributed by atoms with Crippen LogP contribution in [0.15, 0.2) is 24.3 Å². The van der Waals surface area contributed by atoms with Gasteiger partial charge in [-0.3, -0.25) is 0 Å². The highest BCUT2D eigenvalue weighted by Gasteiger charge is 2.23. The SMILES string of the molecule is CCC1CN(C(=O)Nc2ccccc2OC(F)F)CCO1. The third-order valence-electron chi connectivity index (χ3n) is 3.23. The van der Waals surface area contributed by atoms with Crippen LogP contribution in [0.1, 0.15) is 13.3 Å². The molecule has 1 heterocycles. The van der Waals surface area contributed by atoms with Crippen LogP contribution in [-0.2, 0) is 4.74 Å². The van der Waals surface area contributed by atoms with Gasteiger partial charge in [0.2, 0.25) is 0 Å². The summed E-state index contributed by atoms with van der Waals surface area (Å²) in [5.74, 6) is -0.0545. The van der Waals surface area contributed by atoms with E-state index in [-0.39, 0.29) is 23.6 Å². The Morgan fingerprint density at radius 2 is 2.29 bits per heavy atom. The Morgan fingerprint density at radius 1 is 1.52 bits per heavy atom. The van der Waals surface area contributed by atoms with E-state index in [9.17, 15) is 13.6 Å². The first-order valence-corrected chi connectivity index (χ1v) is 6.81. The summed E-state index contributed by atoms with van der Waals surface area (Å²) >= 11 is 0. The molecule has 0 radical (unpaired) electrons. The number of carbonyl (C=O) groups is 1. The van der Waals surface area contributed by atoms with Crippen molar-refractivity contribution in [2.45, 2.75) is 26.1 Å². The number of nitrogens with zero attached hydrogens (tertiary/aromatic N) is 1. The number of ether oxygens (including phenoxy) is 2. The van der Waals surface area contributed by atoms with Crippen LogP contribution in [0, 0.1) is 0 Å². The average Bonchev–Trinajstić information content (AvgIpc) is 2.48. The third kappa shape index (κ3) is 4.29. The summed E-state index contributed by atoms with van der Waals surface area (Å²) in [6.45, 7) is 0.482. The van der Waals surface area contributed by atoms with Gasteiger partial charge in [-0.15, -0.1) is 0 Å². The van der Waals surface area contributed by atoms with Gasteiger partial charge in [0.05, 0.1) is 18.4 Å². The lowest BCUT2D eigenvalue weighted by Crippen LogP contribution is -2.47. The van der Waals surface area contributed by atoms with Crippen LogP contribution in [0.25, 0.3) is 0 Å². The molecule has 2 rings (SSSR count). The van der Waals surface area contributed by atoms with Gasteiger partial charge >= 0.3 is 12.6 Å². The summed E-state index contributed by atoms with van der Waals surface area (Å²) in [4.78, 5) is 13.8. The lowest BCUT2D eigenvalue weighted by atomic mass is 10.2. The molecule has 1 unspecified atom stereocenters. The topological polar surface area (TPSA) is 50.8 Å². The quantitative estimate of drug-likeness (QED) is 0.930. The Kier molecular flexibility index (Phi) is 5.32. The molecule has 1 fully saturated rings. The number of rotatable bonds is 4. The standard InChI is InChI=1S/C14H18F2N2O3/c1-2-10-9-18(7-8-20-10)14(19)17-11-5-3-4-6-12(11)21-13(15)16/h3-6,10,13H,2,7-9H2,1H3,(H,17,19). The van der Waals surface area contributed by atoms with Gasteiger partial charge in [0.15, 0.2) is 0 Å². The van der Waals surface area contributed by atoms with E-state index in [0.717, 1.165) is 6.42 Å². The zero-order valence-corrected chi connectivity index (χ0v) is 11.7. The third-order valence-corrected chi connectivity index (χ3v) is 3.23. The highest BCUT2D eigenvalue weighted by atomic mass is 19.3. The minimum atomic E-state index is -2.93. The number of carbonyl (C=O) groups excluding carboxylic acids is 1. The molecule has 2 amide bonds. The maximum absolute atomic E-state index is 12.3. The van der Waals surface area contributed by atoms with Crippen molar-refractivity contribution in [2.75, 3.05) is 25.0 Å². The number of urea groups is 1. The van der Waals surface area contributed by atoms with Gasteiger partial charge in [0, 0.05) is 13.1 Å². The number of amides is 2. The van der Waals surface area contributed by atoms with E-state index < -0.39 is 6.61 Å². The zero-order valence-electron chi connectivity index (χ0n) is 11.7. The molecule has 1 aliphatic rings. The Bertz CT molecular complexity index is 485. The molecular formula is C14H18F2N2O3. The summed E-state index contributed by atoms with van der Waals surface area (Å²) < 4.78 is 34.5. The molecule has 1 atom stereocenters. The first kappa shape index (κ1) is 15.5. The van der Waals surface area contributed by atoms with E-state index >= 15 is 0 Å². The van der Waals surface area contributed by atoms with Crippen molar-refractivity contribution in [3.63, 3.8) is 0 Å². The second kappa shape index (κ2) is 7.21. The summed E-state index contributed by atoms with van der Waals surface area (Å²) in [6.07, 6.45) is 0.826. The lowest BCUT2D eigenvalue weighted by Gasteiger charge is -2.32. The number of para-hydroxylation sites is 2. The predicted octanol–water partition coefficient (Wildman–Crippen LogP) is 2.93. The van der Waals surface area contributed by atoms with Crippen molar-refractivity contribution < 1.29 is 23.0 Å². The molecule has 0 bridgehead atoms. The molecule has 5 nitrogen and oxygen atoms in total. The predicted molar refractivity (Wildman–Crippen MR) is 73.7 cm³/mol. The van der Waals surface area contributed by atoms with Crippen LogP contribution in [-0.4, -0.2) is 43.3 Å². The van der Waals surface area contributed by atoms with Crippen molar-refractivity contribution in [3.05, 3.63) is 24.3 Å². The van der Waals surface area contributed by atoms with E-state index in [0.29, 0.717) is 19.7 Å². The van der Waals surface area contributed by atoms with Crippen LogP contribution >= 0.6 is 0 Å². The lowest BCUT2D eigenvalue weighted by molar-refractivity contribution is -0.0493. The van der Waals surface area contributed by atoms with E-state index in [1.807, 2.05) is 6.92 Å². The highest BCUT2D eigenvalue weighted by molar-refractivity contribution is 5.91. The molecule has 0 spiro atoms. The second-order valence-corrected chi connectivity index (χ2v) is 4.65. The number of hydrogen-bond donors (Lipinski definition) is 1. The van der Waals surface area contributed by atoms with Gasteiger partial charge in [-0.2, -0.15) is 8.78 Å². The maximum atomic E-state index is 12.3. The summed E-state index contributed by atoms with van der Waals surface area (Å²) in [5.41, 5.74) is 0.224. The molecule has 1 N–H and O–H groups in total. The second-order valence-electron chi connectivity index (χ2n) is 4.65. The van der Waals surface area contributed by atoms with E-state index in [1.54, 1.807) is 17.0 Å². The summed E-state index contributed by atoms with van der Waals surface area (Å²) in [7, 11) is 0. The highest BCUT2D eigenvalue weighted by Crippen LogP contribution is 2.26. The Hall–Kier alpha value is -1.89. The average molecular weight is 300 g/mol. The van der Waals surface area contributed by atoms with Crippen LogP contribution in [0.5, 0.6) is 5.75 Å². The minimum absolute atomic E-state index is 0.0112. The van der Waals surface area contributed by atoms with Crippen LogP contribution in [0.2, 0.25) is 0 Å². The smallest absolute Gasteiger partial charge is 0.387 e. The monoisotopic (exact) mass is 300 g/mol. The van der Waals surface area contributed by atoms with Crippen molar-refractivity contribution >= 4 is 11.7 Å². The molecule has 1 saturated heterocycles.